The molecule has 1 unspecified atom stereocenters. The third-order valence-corrected chi connectivity index (χ3v) is 3.76. The Labute approximate surface area is 123 Å². The van der Waals surface area contributed by atoms with E-state index in [0.717, 1.165) is 38.9 Å². The maximum Gasteiger partial charge on any atom is 0.217 e. The summed E-state index contributed by atoms with van der Waals surface area (Å²) in [7, 11) is 0. The van der Waals surface area contributed by atoms with Crippen molar-refractivity contribution in [1.82, 2.24) is 0 Å². The van der Waals surface area contributed by atoms with Gasteiger partial charge in [-0.3, -0.25) is 4.79 Å². The third kappa shape index (κ3) is 10.2. The molecule has 0 aromatic heterocycles. The van der Waals surface area contributed by atoms with Gasteiger partial charge in [-0.15, -0.1) is 0 Å². The molecule has 20 heavy (non-hydrogen) atoms. The maximum absolute atomic E-state index is 10.6. The summed E-state index contributed by atoms with van der Waals surface area (Å²) in [6, 6.07) is 0. The first-order chi connectivity index (χ1) is 9.79. The van der Waals surface area contributed by atoms with Gasteiger partial charge in [0.05, 0.1) is 0 Å². The van der Waals surface area contributed by atoms with E-state index >= 15 is 0 Å². The molecule has 0 spiro atoms. The van der Waals surface area contributed by atoms with E-state index in [4.69, 9.17) is 15.2 Å². The lowest BCUT2D eigenvalue weighted by molar-refractivity contribution is -0.162. The summed E-state index contributed by atoms with van der Waals surface area (Å²) in [5.74, 6) is -0.174. The number of amides is 1. The molecule has 0 bridgehead atoms. The Morgan fingerprint density at radius 1 is 1.00 bits per heavy atom. The Bertz CT molecular complexity index is 240. The molecule has 2 N–H and O–H groups in total. The normalized spacial score (nSPS) is 19.1. The van der Waals surface area contributed by atoms with Gasteiger partial charge in [0, 0.05) is 19.6 Å². The van der Waals surface area contributed by atoms with Crippen molar-refractivity contribution in [3.8, 4) is 0 Å². The van der Waals surface area contributed by atoms with Crippen LogP contribution in [0.15, 0.2) is 0 Å². The number of carbonyl (C=O) groups is 1. The molecule has 118 valence electrons. The fourth-order valence-electron chi connectivity index (χ4n) is 2.52. The van der Waals surface area contributed by atoms with Crippen molar-refractivity contribution in [2.45, 2.75) is 83.3 Å². The van der Waals surface area contributed by atoms with Crippen LogP contribution in [0.1, 0.15) is 77.0 Å². The van der Waals surface area contributed by atoms with Crippen molar-refractivity contribution in [2.75, 3.05) is 13.2 Å². The molecule has 4 nitrogen and oxygen atoms in total. The molecule has 4 heteroatoms. The lowest BCUT2D eigenvalue weighted by Crippen LogP contribution is -2.22. The SMILES string of the molecule is NC(=O)CCCCCCCCCCOC1CCCCO1. The van der Waals surface area contributed by atoms with Crippen LogP contribution in [-0.4, -0.2) is 25.4 Å². The summed E-state index contributed by atoms with van der Waals surface area (Å²) >= 11 is 0. The van der Waals surface area contributed by atoms with Gasteiger partial charge in [-0.2, -0.15) is 0 Å². The first-order valence-corrected chi connectivity index (χ1v) is 8.30. The molecule has 1 fully saturated rings. The number of ether oxygens (including phenoxy) is 2. The van der Waals surface area contributed by atoms with Gasteiger partial charge in [-0.25, -0.2) is 0 Å². The molecule has 0 aliphatic carbocycles. The second-order valence-corrected chi connectivity index (χ2v) is 5.71. The smallest absolute Gasteiger partial charge is 0.217 e. The monoisotopic (exact) mass is 285 g/mol. The number of primary amides is 1. The van der Waals surface area contributed by atoms with Crippen LogP contribution in [-0.2, 0) is 14.3 Å². The average Bonchev–Trinajstić information content (AvgIpc) is 2.45. The van der Waals surface area contributed by atoms with Gasteiger partial charge in [0.1, 0.15) is 0 Å². The Kier molecular flexibility index (Phi) is 10.6. The van der Waals surface area contributed by atoms with Crippen LogP contribution in [0.25, 0.3) is 0 Å². The second-order valence-electron chi connectivity index (χ2n) is 5.71. The molecule has 1 heterocycles. The number of nitrogens with two attached hydrogens (primary N) is 1. The van der Waals surface area contributed by atoms with Crippen LogP contribution >= 0.6 is 0 Å². The standard InChI is InChI=1S/C16H31NO3/c17-15(18)11-7-5-3-1-2-4-6-9-13-19-16-12-8-10-14-20-16/h16H,1-14H2,(H2,17,18). The predicted octanol–water partition coefficient (Wildman–Crippen LogP) is 3.53. The van der Waals surface area contributed by atoms with Gasteiger partial charge in [-0.05, 0) is 32.1 Å². The summed E-state index contributed by atoms with van der Waals surface area (Å²) in [5.41, 5.74) is 5.10. The Morgan fingerprint density at radius 3 is 2.25 bits per heavy atom. The second kappa shape index (κ2) is 12.2. The van der Waals surface area contributed by atoms with Crippen LogP contribution in [0.2, 0.25) is 0 Å². The van der Waals surface area contributed by atoms with E-state index in [1.807, 2.05) is 0 Å². The highest BCUT2D eigenvalue weighted by atomic mass is 16.7. The minimum Gasteiger partial charge on any atom is -0.370 e. The zero-order valence-electron chi connectivity index (χ0n) is 12.8. The molecule has 0 radical (unpaired) electrons. The van der Waals surface area contributed by atoms with Gasteiger partial charge in [0.15, 0.2) is 6.29 Å². The largest absolute Gasteiger partial charge is 0.370 e. The fourth-order valence-corrected chi connectivity index (χ4v) is 2.52. The van der Waals surface area contributed by atoms with E-state index in [0.29, 0.717) is 6.42 Å². The van der Waals surface area contributed by atoms with E-state index in [2.05, 4.69) is 0 Å². The highest BCUT2D eigenvalue weighted by Crippen LogP contribution is 2.14. The molecule has 1 amide bonds. The first kappa shape index (κ1) is 17.4. The third-order valence-electron chi connectivity index (χ3n) is 3.76. The summed E-state index contributed by atoms with van der Waals surface area (Å²) < 4.78 is 11.2. The summed E-state index contributed by atoms with van der Waals surface area (Å²) in [4.78, 5) is 10.6. The zero-order valence-corrected chi connectivity index (χ0v) is 12.8. The van der Waals surface area contributed by atoms with Gasteiger partial charge in [0.2, 0.25) is 5.91 Å². The molecule has 1 saturated heterocycles. The number of rotatable bonds is 12. The van der Waals surface area contributed by atoms with Crippen LogP contribution in [0, 0.1) is 0 Å². The topological polar surface area (TPSA) is 61.6 Å². The summed E-state index contributed by atoms with van der Waals surface area (Å²) in [6.07, 6.45) is 13.6. The average molecular weight is 285 g/mol. The van der Waals surface area contributed by atoms with Gasteiger partial charge in [-0.1, -0.05) is 38.5 Å². The van der Waals surface area contributed by atoms with Crippen LogP contribution in [0.5, 0.6) is 0 Å². The molecular formula is C16H31NO3. The first-order valence-electron chi connectivity index (χ1n) is 8.30. The molecule has 1 aliphatic rings. The number of carbonyl (C=O) groups excluding carboxylic acids is 1. The van der Waals surface area contributed by atoms with E-state index in [1.54, 1.807) is 0 Å². The van der Waals surface area contributed by atoms with Crippen molar-refractivity contribution >= 4 is 5.91 Å². The van der Waals surface area contributed by atoms with E-state index in [1.165, 1.54) is 44.9 Å². The van der Waals surface area contributed by atoms with Gasteiger partial charge in [0.25, 0.3) is 0 Å². The number of unbranched alkanes of at least 4 members (excludes halogenated alkanes) is 7. The Hall–Kier alpha value is -0.610. The van der Waals surface area contributed by atoms with Gasteiger partial charge < -0.3 is 15.2 Å². The minimum atomic E-state index is -0.174. The number of hydrogen-bond donors (Lipinski definition) is 1. The van der Waals surface area contributed by atoms with Crippen LogP contribution in [0.4, 0.5) is 0 Å². The van der Waals surface area contributed by atoms with Crippen molar-refractivity contribution in [3.63, 3.8) is 0 Å². The van der Waals surface area contributed by atoms with E-state index in [-0.39, 0.29) is 12.2 Å². The quantitative estimate of drug-likeness (QED) is 0.558. The number of hydrogen-bond acceptors (Lipinski definition) is 3. The Balaban J connectivity index is 1.73. The van der Waals surface area contributed by atoms with Crippen molar-refractivity contribution in [3.05, 3.63) is 0 Å². The predicted molar refractivity (Wildman–Crippen MR) is 80.3 cm³/mol. The molecule has 1 rings (SSSR count). The molecule has 0 saturated carbocycles. The molecule has 0 aromatic rings. The van der Waals surface area contributed by atoms with E-state index in [9.17, 15) is 4.79 Å². The van der Waals surface area contributed by atoms with Crippen molar-refractivity contribution < 1.29 is 14.3 Å². The lowest BCUT2D eigenvalue weighted by Gasteiger charge is -2.22. The highest BCUT2D eigenvalue weighted by molar-refractivity contribution is 5.73. The molecule has 1 atom stereocenters. The van der Waals surface area contributed by atoms with Crippen molar-refractivity contribution in [1.29, 1.82) is 0 Å². The highest BCUT2D eigenvalue weighted by Gasteiger charge is 2.13. The van der Waals surface area contributed by atoms with E-state index < -0.39 is 0 Å². The summed E-state index contributed by atoms with van der Waals surface area (Å²) in [6.45, 7) is 1.70. The van der Waals surface area contributed by atoms with Crippen LogP contribution < -0.4 is 5.73 Å². The Morgan fingerprint density at radius 2 is 1.65 bits per heavy atom. The molecular weight excluding hydrogens is 254 g/mol. The zero-order chi connectivity index (χ0) is 14.5. The summed E-state index contributed by atoms with van der Waals surface area (Å²) in [5, 5.41) is 0. The molecule has 1 aliphatic heterocycles. The molecule has 0 aromatic carbocycles. The minimum absolute atomic E-state index is 0.0639. The van der Waals surface area contributed by atoms with Crippen LogP contribution in [0.3, 0.4) is 0 Å². The van der Waals surface area contributed by atoms with Gasteiger partial charge >= 0.3 is 0 Å². The maximum atomic E-state index is 10.6. The fraction of sp³-hybridized carbons (Fsp3) is 0.938. The lowest BCUT2D eigenvalue weighted by atomic mass is 10.1. The van der Waals surface area contributed by atoms with Crippen molar-refractivity contribution in [2.24, 2.45) is 5.73 Å².